The highest BCUT2D eigenvalue weighted by molar-refractivity contribution is 14.1. The molecule has 1 aliphatic carbocycles. The summed E-state index contributed by atoms with van der Waals surface area (Å²) in [5, 5.41) is 4.46. The fourth-order valence-electron chi connectivity index (χ4n) is 2.59. The van der Waals surface area contributed by atoms with Crippen molar-refractivity contribution in [3.8, 4) is 0 Å². The summed E-state index contributed by atoms with van der Waals surface area (Å²) in [7, 11) is 0. The first-order chi connectivity index (χ1) is 8.08. The second-order valence-electron chi connectivity index (χ2n) is 5.14. The molecule has 0 saturated heterocycles. The molecule has 3 heteroatoms. The molecule has 0 aromatic heterocycles. The molecule has 2 rings (SSSR count). The topological polar surface area (TPSA) is 12.0 Å². The summed E-state index contributed by atoms with van der Waals surface area (Å²) in [5.74, 6) is 1.53. The van der Waals surface area contributed by atoms with Crippen molar-refractivity contribution in [1.29, 1.82) is 0 Å². The minimum absolute atomic E-state index is 0.566. The highest BCUT2D eigenvalue weighted by Crippen LogP contribution is 2.33. The highest BCUT2D eigenvalue weighted by Gasteiger charge is 2.27. The van der Waals surface area contributed by atoms with Crippen molar-refractivity contribution >= 4 is 39.9 Å². The van der Waals surface area contributed by atoms with Crippen LogP contribution < -0.4 is 5.32 Å². The van der Waals surface area contributed by atoms with E-state index in [1.54, 1.807) is 0 Å². The Bertz CT molecular complexity index is 394. The van der Waals surface area contributed by atoms with E-state index in [1.165, 1.54) is 22.8 Å². The summed E-state index contributed by atoms with van der Waals surface area (Å²) < 4.78 is 1.18. The molecule has 17 heavy (non-hydrogen) atoms. The van der Waals surface area contributed by atoms with Gasteiger partial charge in [0.2, 0.25) is 0 Å². The van der Waals surface area contributed by atoms with Gasteiger partial charge in [-0.3, -0.25) is 0 Å². The number of hydrogen-bond acceptors (Lipinski definition) is 1. The van der Waals surface area contributed by atoms with Crippen molar-refractivity contribution < 1.29 is 0 Å². The predicted molar refractivity (Wildman–Crippen MR) is 83.8 cm³/mol. The Morgan fingerprint density at radius 2 is 2.06 bits per heavy atom. The average Bonchev–Trinajstić information content (AvgIpc) is 2.28. The van der Waals surface area contributed by atoms with Crippen LogP contribution in [0.25, 0.3) is 0 Å². The summed E-state index contributed by atoms with van der Waals surface area (Å²) in [6, 6.07) is 6.78. The van der Waals surface area contributed by atoms with E-state index in [1.807, 2.05) is 6.07 Å². The molecule has 1 saturated carbocycles. The van der Waals surface area contributed by atoms with Crippen molar-refractivity contribution in [2.24, 2.45) is 11.8 Å². The van der Waals surface area contributed by atoms with Gasteiger partial charge in [-0.05, 0) is 59.0 Å². The molecule has 1 nitrogen and oxygen atoms in total. The zero-order chi connectivity index (χ0) is 12.4. The predicted octanol–water partition coefficient (Wildman–Crippen LogP) is 5.18. The van der Waals surface area contributed by atoms with E-state index in [4.69, 9.17) is 11.6 Å². The highest BCUT2D eigenvalue weighted by atomic mass is 127. The lowest BCUT2D eigenvalue weighted by atomic mass is 9.78. The Morgan fingerprint density at radius 1 is 1.29 bits per heavy atom. The SMILES string of the molecule is CC1CCCC(Nc2ccc(I)cc2Cl)C1C. The second-order valence-corrected chi connectivity index (χ2v) is 6.80. The molecule has 1 aromatic carbocycles. The summed E-state index contributed by atoms with van der Waals surface area (Å²) in [4.78, 5) is 0. The van der Waals surface area contributed by atoms with E-state index >= 15 is 0 Å². The molecule has 1 fully saturated rings. The standard InChI is InChI=1S/C14H19ClIN/c1-9-4-3-5-13(10(9)2)17-14-7-6-11(16)8-12(14)15/h6-10,13,17H,3-5H2,1-2H3. The fourth-order valence-corrected chi connectivity index (χ4v) is 3.50. The first-order valence-electron chi connectivity index (χ1n) is 6.29. The zero-order valence-corrected chi connectivity index (χ0v) is 13.3. The number of benzene rings is 1. The fraction of sp³-hybridized carbons (Fsp3) is 0.571. The molecule has 1 aliphatic rings. The van der Waals surface area contributed by atoms with E-state index in [9.17, 15) is 0 Å². The van der Waals surface area contributed by atoms with Crippen LogP contribution in [0.4, 0.5) is 5.69 Å². The van der Waals surface area contributed by atoms with Crippen LogP contribution in [0.5, 0.6) is 0 Å². The van der Waals surface area contributed by atoms with Gasteiger partial charge in [0.05, 0.1) is 10.7 Å². The van der Waals surface area contributed by atoms with Gasteiger partial charge < -0.3 is 5.32 Å². The molecule has 0 heterocycles. The van der Waals surface area contributed by atoms with Crippen molar-refractivity contribution in [2.45, 2.75) is 39.2 Å². The van der Waals surface area contributed by atoms with Crippen LogP contribution in [0.3, 0.4) is 0 Å². The molecule has 0 radical (unpaired) electrons. The van der Waals surface area contributed by atoms with Gasteiger partial charge in [-0.1, -0.05) is 38.3 Å². The van der Waals surface area contributed by atoms with Gasteiger partial charge in [0.1, 0.15) is 0 Å². The van der Waals surface area contributed by atoms with Gasteiger partial charge in [-0.25, -0.2) is 0 Å². The maximum Gasteiger partial charge on any atom is 0.0648 e. The Hall–Kier alpha value is 0.0400. The molecule has 0 amide bonds. The van der Waals surface area contributed by atoms with Gasteiger partial charge in [0.15, 0.2) is 0 Å². The summed E-state index contributed by atoms with van der Waals surface area (Å²) in [6.07, 6.45) is 3.94. The minimum atomic E-state index is 0.566. The number of nitrogens with one attached hydrogen (secondary N) is 1. The maximum atomic E-state index is 6.27. The van der Waals surface area contributed by atoms with Crippen LogP contribution in [-0.4, -0.2) is 6.04 Å². The maximum absolute atomic E-state index is 6.27. The van der Waals surface area contributed by atoms with E-state index in [2.05, 4.69) is 53.9 Å². The van der Waals surface area contributed by atoms with Crippen molar-refractivity contribution in [3.05, 3.63) is 26.8 Å². The van der Waals surface area contributed by atoms with E-state index in [-0.39, 0.29) is 0 Å². The average molecular weight is 364 g/mol. The summed E-state index contributed by atoms with van der Waals surface area (Å²) >= 11 is 8.55. The zero-order valence-electron chi connectivity index (χ0n) is 10.3. The molecule has 94 valence electrons. The third kappa shape index (κ3) is 3.28. The number of rotatable bonds is 2. The molecule has 3 atom stereocenters. The van der Waals surface area contributed by atoms with Crippen LogP contribution in [0.15, 0.2) is 18.2 Å². The van der Waals surface area contributed by atoms with Crippen LogP contribution in [0.1, 0.15) is 33.1 Å². The minimum Gasteiger partial charge on any atom is -0.381 e. The van der Waals surface area contributed by atoms with E-state index < -0.39 is 0 Å². The quantitative estimate of drug-likeness (QED) is 0.714. The van der Waals surface area contributed by atoms with Crippen LogP contribution in [-0.2, 0) is 0 Å². The number of hydrogen-bond donors (Lipinski definition) is 1. The van der Waals surface area contributed by atoms with Crippen molar-refractivity contribution in [2.75, 3.05) is 5.32 Å². The van der Waals surface area contributed by atoms with Crippen molar-refractivity contribution in [3.63, 3.8) is 0 Å². The van der Waals surface area contributed by atoms with Gasteiger partial charge in [-0.2, -0.15) is 0 Å². The summed E-state index contributed by atoms with van der Waals surface area (Å²) in [6.45, 7) is 4.70. The Balaban J connectivity index is 2.09. The Labute approximate surface area is 122 Å². The Morgan fingerprint density at radius 3 is 2.76 bits per heavy atom. The largest absolute Gasteiger partial charge is 0.381 e. The lowest BCUT2D eigenvalue weighted by Gasteiger charge is -2.35. The molecule has 0 spiro atoms. The van der Waals surface area contributed by atoms with Gasteiger partial charge in [0.25, 0.3) is 0 Å². The lowest BCUT2D eigenvalue weighted by Crippen LogP contribution is -2.35. The van der Waals surface area contributed by atoms with Crippen LogP contribution >= 0.6 is 34.2 Å². The third-order valence-corrected chi connectivity index (χ3v) is 4.96. The molecule has 3 unspecified atom stereocenters. The van der Waals surface area contributed by atoms with Crippen molar-refractivity contribution in [1.82, 2.24) is 0 Å². The first-order valence-corrected chi connectivity index (χ1v) is 7.75. The lowest BCUT2D eigenvalue weighted by molar-refractivity contribution is 0.253. The molecular formula is C14H19ClIN. The molecule has 0 bridgehead atoms. The second kappa shape index (κ2) is 5.79. The van der Waals surface area contributed by atoms with E-state index in [0.717, 1.165) is 22.5 Å². The molecule has 1 aromatic rings. The number of anilines is 1. The number of halogens is 2. The molecule has 1 N–H and O–H groups in total. The molecule has 0 aliphatic heterocycles. The van der Waals surface area contributed by atoms with Crippen LogP contribution in [0.2, 0.25) is 5.02 Å². The smallest absolute Gasteiger partial charge is 0.0648 e. The van der Waals surface area contributed by atoms with Gasteiger partial charge >= 0.3 is 0 Å². The first kappa shape index (κ1) is 13.5. The monoisotopic (exact) mass is 363 g/mol. The molecular weight excluding hydrogens is 345 g/mol. The van der Waals surface area contributed by atoms with Gasteiger partial charge in [-0.15, -0.1) is 0 Å². The van der Waals surface area contributed by atoms with Crippen LogP contribution in [0, 0.1) is 15.4 Å². The Kier molecular flexibility index (Phi) is 4.59. The van der Waals surface area contributed by atoms with Gasteiger partial charge in [0, 0.05) is 9.61 Å². The normalized spacial score (nSPS) is 29.1. The summed E-state index contributed by atoms with van der Waals surface area (Å²) in [5.41, 5.74) is 1.08. The van der Waals surface area contributed by atoms with E-state index in [0.29, 0.717) is 6.04 Å². The third-order valence-electron chi connectivity index (χ3n) is 3.98.